The number of amides is 1. The highest BCUT2D eigenvalue weighted by atomic mass is 19.4. The predicted molar refractivity (Wildman–Crippen MR) is 78.9 cm³/mol. The standard InChI is InChI=1S/C16H22F3N3O/c1-13(2)10(11(23)20-9-4-8(9)16(17,18)19)21-12(22-13)15-5-14(3,6-15)7-15/h8-10H,4-7H2,1-3H3,(H,20,23)(H,21,22)/t8?,9?,10-,14?,15?/m0/s1. The molecular formula is C16H22F3N3O. The first-order valence-electron chi connectivity index (χ1n) is 8.18. The second kappa shape index (κ2) is 4.03. The Morgan fingerprint density at radius 2 is 1.87 bits per heavy atom. The fourth-order valence-corrected chi connectivity index (χ4v) is 4.88. The van der Waals surface area contributed by atoms with Crippen LogP contribution in [0.25, 0.3) is 0 Å². The molecule has 0 radical (unpaired) electrons. The van der Waals surface area contributed by atoms with Crippen LogP contribution in [-0.2, 0) is 4.79 Å². The Balaban J connectivity index is 1.43. The molecule has 5 aliphatic rings. The first kappa shape index (κ1) is 15.3. The van der Waals surface area contributed by atoms with Crippen molar-refractivity contribution in [2.24, 2.45) is 21.7 Å². The Morgan fingerprint density at radius 3 is 2.35 bits per heavy atom. The van der Waals surface area contributed by atoms with Gasteiger partial charge in [-0.2, -0.15) is 13.2 Å². The normalized spacial score (nSPS) is 46.2. The molecule has 2 N–H and O–H groups in total. The van der Waals surface area contributed by atoms with E-state index in [1.54, 1.807) is 0 Å². The van der Waals surface area contributed by atoms with Gasteiger partial charge in [0.1, 0.15) is 5.84 Å². The van der Waals surface area contributed by atoms with Crippen LogP contribution in [0.2, 0.25) is 0 Å². The highest BCUT2D eigenvalue weighted by Crippen LogP contribution is 2.73. The van der Waals surface area contributed by atoms with E-state index in [1.807, 2.05) is 13.8 Å². The van der Waals surface area contributed by atoms with Crippen LogP contribution in [0.3, 0.4) is 0 Å². The Hall–Kier alpha value is -1.27. The fraction of sp³-hybridized carbons (Fsp3) is 0.875. The molecule has 1 amide bonds. The lowest BCUT2D eigenvalue weighted by Crippen LogP contribution is -2.67. The number of amidine groups is 1. The highest BCUT2D eigenvalue weighted by Gasteiger charge is 2.69. The lowest BCUT2D eigenvalue weighted by molar-refractivity contribution is -0.149. The lowest BCUT2D eigenvalue weighted by Gasteiger charge is -2.69. The summed E-state index contributed by atoms with van der Waals surface area (Å²) in [5.41, 5.74) is -0.0316. The van der Waals surface area contributed by atoms with Gasteiger partial charge in [-0.15, -0.1) is 0 Å². The van der Waals surface area contributed by atoms with E-state index < -0.39 is 35.6 Å². The Kier molecular flexibility index (Phi) is 2.68. The van der Waals surface area contributed by atoms with Crippen molar-refractivity contribution in [3.63, 3.8) is 0 Å². The van der Waals surface area contributed by atoms with Crippen LogP contribution in [0.1, 0.15) is 46.5 Å². The van der Waals surface area contributed by atoms with E-state index in [0.29, 0.717) is 5.41 Å². The molecule has 7 heteroatoms. The number of nitrogens with one attached hydrogen (secondary N) is 2. The van der Waals surface area contributed by atoms with Crippen LogP contribution >= 0.6 is 0 Å². The van der Waals surface area contributed by atoms with Crippen molar-refractivity contribution in [3.8, 4) is 0 Å². The minimum Gasteiger partial charge on any atom is -0.366 e. The number of alkyl halides is 3. The number of hydrogen-bond donors (Lipinski definition) is 2. The number of hydrogen-bond acceptors (Lipinski definition) is 3. The average Bonchev–Trinajstić information content (AvgIpc) is 3.00. The van der Waals surface area contributed by atoms with Crippen molar-refractivity contribution >= 4 is 11.7 Å². The van der Waals surface area contributed by atoms with Gasteiger partial charge in [0.05, 0.1) is 11.5 Å². The van der Waals surface area contributed by atoms with Gasteiger partial charge in [-0.05, 0) is 44.9 Å². The number of carbonyl (C=O) groups excluding carboxylic acids is 1. The smallest absolute Gasteiger partial charge is 0.366 e. The van der Waals surface area contributed by atoms with E-state index in [0.717, 1.165) is 25.1 Å². The van der Waals surface area contributed by atoms with Gasteiger partial charge in [0.15, 0.2) is 6.04 Å². The summed E-state index contributed by atoms with van der Waals surface area (Å²) < 4.78 is 37.8. The van der Waals surface area contributed by atoms with E-state index in [4.69, 9.17) is 0 Å². The zero-order valence-electron chi connectivity index (χ0n) is 13.5. The van der Waals surface area contributed by atoms with Crippen molar-refractivity contribution in [2.75, 3.05) is 0 Å². The van der Waals surface area contributed by atoms with Crippen LogP contribution in [0.5, 0.6) is 0 Å². The highest BCUT2D eigenvalue weighted by molar-refractivity contribution is 5.98. The Bertz CT molecular complexity index is 590. The first-order valence-corrected chi connectivity index (χ1v) is 8.18. The van der Waals surface area contributed by atoms with Crippen molar-refractivity contribution in [1.82, 2.24) is 10.6 Å². The molecule has 0 saturated heterocycles. The van der Waals surface area contributed by atoms with Gasteiger partial charge in [-0.1, -0.05) is 6.92 Å². The summed E-state index contributed by atoms with van der Waals surface area (Å²) in [6.45, 7) is 6.02. The number of halogens is 3. The molecular weight excluding hydrogens is 307 g/mol. The van der Waals surface area contributed by atoms with E-state index >= 15 is 0 Å². The Morgan fingerprint density at radius 1 is 1.26 bits per heavy atom. The molecule has 2 unspecified atom stereocenters. The third kappa shape index (κ3) is 2.18. The van der Waals surface area contributed by atoms with Crippen molar-refractivity contribution < 1.29 is 18.0 Å². The maximum atomic E-state index is 12.6. The van der Waals surface area contributed by atoms with Gasteiger partial charge in [0.2, 0.25) is 5.91 Å². The molecule has 3 atom stereocenters. The topological polar surface area (TPSA) is 53.5 Å². The maximum absolute atomic E-state index is 12.6. The first-order chi connectivity index (χ1) is 10.4. The van der Waals surface area contributed by atoms with Gasteiger partial charge in [-0.3, -0.25) is 9.79 Å². The molecule has 5 rings (SSSR count). The van der Waals surface area contributed by atoms with Crippen LogP contribution < -0.4 is 10.6 Å². The summed E-state index contributed by atoms with van der Waals surface area (Å²) >= 11 is 0. The molecule has 4 saturated carbocycles. The molecule has 0 aromatic carbocycles. The molecule has 1 heterocycles. The predicted octanol–water partition coefficient (Wildman–Crippen LogP) is 2.39. The third-order valence-electron chi connectivity index (χ3n) is 5.97. The monoisotopic (exact) mass is 329 g/mol. The molecule has 4 nitrogen and oxygen atoms in total. The Labute approximate surface area is 133 Å². The summed E-state index contributed by atoms with van der Waals surface area (Å²) in [7, 11) is 0. The van der Waals surface area contributed by atoms with Crippen molar-refractivity contribution in [3.05, 3.63) is 0 Å². The van der Waals surface area contributed by atoms with Gasteiger partial charge >= 0.3 is 6.18 Å². The maximum Gasteiger partial charge on any atom is 0.393 e. The molecule has 4 fully saturated rings. The number of nitrogens with zero attached hydrogens (tertiary/aromatic N) is 1. The van der Waals surface area contributed by atoms with Gasteiger partial charge < -0.3 is 10.6 Å². The van der Waals surface area contributed by atoms with E-state index in [-0.39, 0.29) is 11.8 Å². The fourth-order valence-electron chi connectivity index (χ4n) is 4.88. The molecule has 0 aromatic heterocycles. The molecule has 2 bridgehead atoms. The average molecular weight is 329 g/mol. The summed E-state index contributed by atoms with van der Waals surface area (Å²) in [5.74, 6) is -0.911. The summed E-state index contributed by atoms with van der Waals surface area (Å²) in [4.78, 5) is 17.0. The number of rotatable bonds is 3. The minimum absolute atomic E-state index is 0.0192. The second-order valence-electron chi connectivity index (χ2n) is 8.85. The quantitative estimate of drug-likeness (QED) is 0.835. The van der Waals surface area contributed by atoms with Crippen LogP contribution in [0.4, 0.5) is 13.2 Å². The number of aliphatic imine (C=N–C) groups is 1. The summed E-state index contributed by atoms with van der Waals surface area (Å²) in [6.07, 6.45) is -0.967. The largest absolute Gasteiger partial charge is 0.393 e. The molecule has 1 aliphatic heterocycles. The molecule has 128 valence electrons. The van der Waals surface area contributed by atoms with Crippen LogP contribution in [0.15, 0.2) is 4.99 Å². The molecule has 4 aliphatic carbocycles. The minimum atomic E-state index is -4.23. The zero-order chi connectivity index (χ0) is 16.8. The third-order valence-corrected chi connectivity index (χ3v) is 5.97. The number of carbonyl (C=O) groups is 1. The van der Waals surface area contributed by atoms with Crippen LogP contribution in [0, 0.1) is 16.7 Å². The van der Waals surface area contributed by atoms with Crippen molar-refractivity contribution in [2.45, 2.75) is 70.3 Å². The zero-order valence-corrected chi connectivity index (χ0v) is 13.5. The van der Waals surface area contributed by atoms with Gasteiger partial charge in [0, 0.05) is 11.5 Å². The van der Waals surface area contributed by atoms with E-state index in [9.17, 15) is 18.0 Å². The van der Waals surface area contributed by atoms with Crippen molar-refractivity contribution in [1.29, 1.82) is 0 Å². The van der Waals surface area contributed by atoms with E-state index in [1.165, 1.54) is 0 Å². The molecule has 0 spiro atoms. The van der Waals surface area contributed by atoms with Gasteiger partial charge in [0.25, 0.3) is 0 Å². The summed E-state index contributed by atoms with van der Waals surface area (Å²) in [6, 6.07) is -1.44. The van der Waals surface area contributed by atoms with Crippen LogP contribution in [-0.4, -0.2) is 35.5 Å². The lowest BCUT2D eigenvalue weighted by atomic mass is 9.35. The van der Waals surface area contributed by atoms with Gasteiger partial charge in [-0.25, -0.2) is 0 Å². The SMILES string of the molecule is CC12CC(C3=N[C@@H](C(=O)NC4CC4C(F)(F)F)C(C)(C)N3)(C1)C2. The second-order valence-corrected chi connectivity index (χ2v) is 8.85. The molecule has 0 aromatic rings. The summed E-state index contributed by atoms with van der Waals surface area (Å²) in [5, 5.41) is 5.89. The van der Waals surface area contributed by atoms with E-state index in [2.05, 4.69) is 22.5 Å². The molecule has 23 heavy (non-hydrogen) atoms.